The van der Waals surface area contributed by atoms with Crippen LogP contribution < -0.4 is 5.46 Å². The zero-order valence-electron chi connectivity index (χ0n) is 5.54. The van der Waals surface area contributed by atoms with E-state index >= 15 is 0 Å². The van der Waals surface area contributed by atoms with Gasteiger partial charge in [0.2, 0.25) is 0 Å². The van der Waals surface area contributed by atoms with Crippen LogP contribution in [0.5, 0.6) is 0 Å². The lowest BCUT2D eigenvalue weighted by molar-refractivity contribution is 0.0698. The zero-order valence-corrected chi connectivity index (χ0v) is 5.54. The van der Waals surface area contributed by atoms with Crippen LogP contribution in [0.1, 0.15) is 10.4 Å². The van der Waals surface area contributed by atoms with Crippen molar-refractivity contribution in [3.8, 4) is 0 Å². The topological polar surface area (TPSA) is 37.3 Å². The highest BCUT2D eigenvalue weighted by molar-refractivity contribution is 6.36. The molecule has 0 aromatic heterocycles. The fourth-order valence-corrected chi connectivity index (χ4v) is 0.714. The Kier molecular flexibility index (Phi) is 1.94. The second-order valence-corrected chi connectivity index (χ2v) is 2.04. The zero-order chi connectivity index (χ0) is 8.43. The minimum atomic E-state index is -1.22. The van der Waals surface area contributed by atoms with Gasteiger partial charge in [0.25, 0.3) is 0 Å². The highest BCUT2D eigenvalue weighted by Crippen LogP contribution is 1.99. The molecule has 1 N–H and O–H groups in total. The SMILES string of the molecule is [B]c1ccc(F)cc1C(=O)O. The summed E-state index contributed by atoms with van der Waals surface area (Å²) < 4.78 is 12.4. The predicted octanol–water partition coefficient (Wildman–Crippen LogP) is 0.318. The van der Waals surface area contributed by atoms with Crippen molar-refractivity contribution in [1.29, 1.82) is 0 Å². The monoisotopic (exact) mass is 150 g/mol. The second kappa shape index (κ2) is 2.74. The van der Waals surface area contributed by atoms with E-state index in [1.807, 2.05) is 0 Å². The standard InChI is InChI=1S/C7H4BFO2/c8-6-2-1-4(9)3-5(6)7(10)11/h1-3H,(H,10,11). The molecule has 0 atom stereocenters. The Bertz CT molecular complexity index is 298. The Hall–Kier alpha value is -1.32. The summed E-state index contributed by atoms with van der Waals surface area (Å²) in [6.45, 7) is 0. The number of hydrogen-bond acceptors (Lipinski definition) is 1. The van der Waals surface area contributed by atoms with Crippen LogP contribution in [0.25, 0.3) is 0 Å². The van der Waals surface area contributed by atoms with Gasteiger partial charge in [-0.15, -0.1) is 0 Å². The predicted molar refractivity (Wildman–Crippen MR) is 38.7 cm³/mol. The van der Waals surface area contributed by atoms with E-state index in [4.69, 9.17) is 13.0 Å². The summed E-state index contributed by atoms with van der Waals surface area (Å²) in [4.78, 5) is 10.3. The maximum atomic E-state index is 12.4. The van der Waals surface area contributed by atoms with Gasteiger partial charge in [-0.3, -0.25) is 0 Å². The molecular formula is C7H4BFO2. The van der Waals surface area contributed by atoms with Crippen LogP contribution in [0.4, 0.5) is 4.39 Å². The smallest absolute Gasteiger partial charge is 0.335 e. The van der Waals surface area contributed by atoms with E-state index < -0.39 is 11.8 Å². The van der Waals surface area contributed by atoms with Crippen LogP contribution in [0.3, 0.4) is 0 Å². The van der Waals surface area contributed by atoms with Crippen molar-refractivity contribution < 1.29 is 14.3 Å². The largest absolute Gasteiger partial charge is 0.478 e. The quantitative estimate of drug-likeness (QED) is 0.585. The van der Waals surface area contributed by atoms with Crippen LogP contribution >= 0.6 is 0 Å². The molecule has 54 valence electrons. The van der Waals surface area contributed by atoms with Gasteiger partial charge in [-0.1, -0.05) is 11.5 Å². The molecule has 0 saturated heterocycles. The van der Waals surface area contributed by atoms with Crippen LogP contribution in [0.2, 0.25) is 0 Å². The van der Waals surface area contributed by atoms with Crippen molar-refractivity contribution >= 4 is 19.3 Å². The van der Waals surface area contributed by atoms with Crippen LogP contribution in [0, 0.1) is 5.82 Å². The summed E-state index contributed by atoms with van der Waals surface area (Å²) in [5.41, 5.74) is -0.135. The number of hydrogen-bond donors (Lipinski definition) is 1. The lowest BCUT2D eigenvalue weighted by Gasteiger charge is -1.98. The van der Waals surface area contributed by atoms with Gasteiger partial charge in [-0.05, 0) is 12.1 Å². The molecule has 0 bridgehead atoms. The number of halogens is 1. The first-order valence-corrected chi connectivity index (χ1v) is 2.89. The second-order valence-electron chi connectivity index (χ2n) is 2.04. The first-order valence-electron chi connectivity index (χ1n) is 2.89. The van der Waals surface area contributed by atoms with Gasteiger partial charge in [0, 0.05) is 0 Å². The first-order chi connectivity index (χ1) is 5.11. The molecule has 0 aliphatic heterocycles. The first kappa shape index (κ1) is 7.79. The molecule has 0 spiro atoms. The van der Waals surface area contributed by atoms with Gasteiger partial charge in [-0.25, -0.2) is 9.18 Å². The summed E-state index contributed by atoms with van der Waals surface area (Å²) in [6, 6.07) is 3.22. The third-order valence-electron chi connectivity index (χ3n) is 1.25. The highest BCUT2D eigenvalue weighted by atomic mass is 19.1. The van der Waals surface area contributed by atoms with Gasteiger partial charge in [-0.2, -0.15) is 0 Å². The summed E-state index contributed by atoms with van der Waals surface area (Å²) in [6.07, 6.45) is 0. The van der Waals surface area contributed by atoms with E-state index in [1.165, 1.54) is 6.07 Å². The van der Waals surface area contributed by atoms with Crippen molar-refractivity contribution in [3.63, 3.8) is 0 Å². The molecule has 0 saturated carbocycles. The molecule has 0 aliphatic carbocycles. The van der Waals surface area contributed by atoms with Crippen molar-refractivity contribution in [2.45, 2.75) is 0 Å². The van der Waals surface area contributed by atoms with E-state index in [2.05, 4.69) is 0 Å². The van der Waals surface area contributed by atoms with Gasteiger partial charge in [0.1, 0.15) is 13.7 Å². The average molecular weight is 150 g/mol. The van der Waals surface area contributed by atoms with Gasteiger partial charge in [0.15, 0.2) is 0 Å². The van der Waals surface area contributed by atoms with Gasteiger partial charge < -0.3 is 5.11 Å². The Labute approximate surface area is 64.1 Å². The summed E-state index contributed by atoms with van der Waals surface area (Å²) >= 11 is 0. The van der Waals surface area contributed by atoms with Crippen molar-refractivity contribution in [1.82, 2.24) is 0 Å². The van der Waals surface area contributed by atoms with Crippen LogP contribution in [-0.4, -0.2) is 18.9 Å². The molecule has 1 aromatic carbocycles. The molecule has 4 heteroatoms. The minimum Gasteiger partial charge on any atom is -0.478 e. The number of carbonyl (C=O) groups is 1. The Morgan fingerprint density at radius 1 is 1.55 bits per heavy atom. The number of rotatable bonds is 1. The Morgan fingerprint density at radius 3 is 2.64 bits per heavy atom. The molecule has 0 aliphatic rings. The number of aromatic carboxylic acids is 1. The van der Waals surface area contributed by atoms with E-state index in [0.717, 1.165) is 12.1 Å². The third-order valence-corrected chi connectivity index (χ3v) is 1.25. The van der Waals surface area contributed by atoms with Crippen molar-refractivity contribution in [3.05, 3.63) is 29.6 Å². The maximum Gasteiger partial charge on any atom is 0.335 e. The van der Waals surface area contributed by atoms with Crippen LogP contribution in [-0.2, 0) is 0 Å². The van der Waals surface area contributed by atoms with Crippen LogP contribution in [0.15, 0.2) is 18.2 Å². The van der Waals surface area contributed by atoms with Gasteiger partial charge in [0.05, 0.1) is 5.56 Å². The third kappa shape index (κ3) is 1.58. The highest BCUT2D eigenvalue weighted by Gasteiger charge is 2.06. The molecular weight excluding hydrogens is 146 g/mol. The Balaban J connectivity index is 3.23. The normalized spacial score (nSPS) is 9.55. The lowest BCUT2D eigenvalue weighted by atomic mass is 9.91. The number of benzene rings is 1. The molecule has 1 rings (SSSR count). The molecule has 0 fully saturated rings. The fourth-order valence-electron chi connectivity index (χ4n) is 0.714. The van der Waals surface area contributed by atoms with Gasteiger partial charge >= 0.3 is 5.97 Å². The van der Waals surface area contributed by atoms with E-state index in [9.17, 15) is 9.18 Å². The molecule has 11 heavy (non-hydrogen) atoms. The maximum absolute atomic E-state index is 12.4. The fraction of sp³-hybridized carbons (Fsp3) is 0. The van der Waals surface area contributed by atoms with E-state index in [0.29, 0.717) is 0 Å². The Morgan fingerprint density at radius 2 is 2.18 bits per heavy atom. The number of carboxylic acid groups (broad SMARTS) is 1. The minimum absolute atomic E-state index is 0.0684. The molecule has 0 unspecified atom stereocenters. The summed E-state index contributed by atoms with van der Waals surface area (Å²) in [5, 5.41) is 8.44. The lowest BCUT2D eigenvalue weighted by Crippen LogP contribution is -2.15. The summed E-state index contributed by atoms with van der Waals surface area (Å²) in [5.74, 6) is -1.82. The molecule has 0 amide bonds. The average Bonchev–Trinajstić information content (AvgIpc) is 1.94. The van der Waals surface area contributed by atoms with E-state index in [-0.39, 0.29) is 11.0 Å². The molecule has 0 heterocycles. The van der Waals surface area contributed by atoms with E-state index in [1.54, 1.807) is 0 Å². The molecule has 2 radical (unpaired) electrons. The molecule has 2 nitrogen and oxygen atoms in total. The molecule has 1 aromatic rings. The van der Waals surface area contributed by atoms with Crippen molar-refractivity contribution in [2.24, 2.45) is 0 Å². The van der Waals surface area contributed by atoms with Crippen molar-refractivity contribution in [2.75, 3.05) is 0 Å². The summed E-state index contributed by atoms with van der Waals surface area (Å²) in [7, 11) is 5.24. The number of carboxylic acids is 1.